The van der Waals surface area contributed by atoms with Crippen molar-refractivity contribution in [1.82, 2.24) is 9.62 Å². The average Bonchev–Trinajstić information content (AvgIpc) is 3.35. The normalized spacial score (nSPS) is 17.5. The maximum Gasteiger partial charge on any atom is 0.393 e. The summed E-state index contributed by atoms with van der Waals surface area (Å²) in [6, 6.07) is 5.78. The molecule has 50 heavy (non-hydrogen) atoms. The first-order valence-corrected chi connectivity index (χ1v) is 17.7. The van der Waals surface area contributed by atoms with Crippen LogP contribution in [0.3, 0.4) is 0 Å². The number of nitrogens with one attached hydrogen (secondary N) is 3. The molecular formula is C32H37F5N4O7S2. The molecule has 1 aliphatic rings. The van der Waals surface area contributed by atoms with Crippen LogP contribution in [0.5, 0.6) is 5.75 Å². The Hall–Kier alpha value is -3.73. The minimum atomic E-state index is -4.58. The summed E-state index contributed by atoms with van der Waals surface area (Å²) in [7, 11) is -3.12. The highest BCUT2D eigenvalue weighted by molar-refractivity contribution is 7.90. The molecule has 0 aliphatic carbocycles. The number of sulfonamides is 1. The monoisotopic (exact) mass is 748 g/mol. The predicted octanol–water partition coefficient (Wildman–Crippen LogP) is 3.64. The molecule has 274 valence electrons. The molecule has 2 aromatic carbocycles. The number of amides is 1. The lowest BCUT2D eigenvalue weighted by Gasteiger charge is -2.36. The molecule has 11 nitrogen and oxygen atoms in total. The topological polar surface area (TPSA) is 149 Å². The Morgan fingerprint density at radius 2 is 2.00 bits per heavy atom. The van der Waals surface area contributed by atoms with Crippen LogP contribution in [-0.2, 0) is 26.0 Å². The van der Waals surface area contributed by atoms with E-state index in [1.54, 1.807) is 27.8 Å². The van der Waals surface area contributed by atoms with E-state index in [0.717, 1.165) is 30.4 Å². The lowest BCUT2D eigenvalue weighted by Crippen LogP contribution is -2.50. The van der Waals surface area contributed by atoms with E-state index in [2.05, 4.69) is 22.5 Å². The van der Waals surface area contributed by atoms with Crippen molar-refractivity contribution in [1.29, 1.82) is 0 Å². The number of hydrogen-bond donors (Lipinski definition) is 5. The molecular weight excluding hydrogens is 711 g/mol. The average molecular weight is 749 g/mol. The van der Waals surface area contributed by atoms with Gasteiger partial charge in [-0.2, -0.15) is 13.2 Å². The number of likely N-dealkylation sites (tertiary alicyclic amines) is 1. The zero-order chi connectivity index (χ0) is 36.6. The second kappa shape index (κ2) is 17.0. The zero-order valence-electron chi connectivity index (χ0n) is 27.1. The van der Waals surface area contributed by atoms with Gasteiger partial charge in [0.25, 0.3) is 10.0 Å². The molecule has 0 bridgehead atoms. The number of carbonyl (C=O) groups is 1. The first-order chi connectivity index (χ1) is 23.6. The molecule has 4 rings (SSSR count). The van der Waals surface area contributed by atoms with Gasteiger partial charge in [0, 0.05) is 45.8 Å². The van der Waals surface area contributed by atoms with Crippen LogP contribution in [0.25, 0.3) is 10.1 Å². The molecule has 1 aliphatic heterocycles. The summed E-state index contributed by atoms with van der Waals surface area (Å²) in [6.45, 7) is 0.874. The molecule has 0 spiro atoms. The summed E-state index contributed by atoms with van der Waals surface area (Å²) in [5, 5.41) is 25.4. The van der Waals surface area contributed by atoms with Crippen LogP contribution in [0, 0.1) is 17.7 Å². The summed E-state index contributed by atoms with van der Waals surface area (Å²) < 4.78 is 108. The first kappa shape index (κ1) is 39.1. The van der Waals surface area contributed by atoms with Gasteiger partial charge in [-0.25, -0.2) is 21.9 Å². The highest BCUT2D eigenvalue weighted by Crippen LogP contribution is 2.40. The highest BCUT2D eigenvalue weighted by atomic mass is 32.2. The van der Waals surface area contributed by atoms with Crippen molar-refractivity contribution in [3.63, 3.8) is 0 Å². The molecule has 0 radical (unpaired) electrons. The van der Waals surface area contributed by atoms with Crippen molar-refractivity contribution in [2.24, 2.45) is 0 Å². The van der Waals surface area contributed by atoms with E-state index in [1.165, 1.54) is 7.11 Å². The number of thiophene rings is 1. The number of fused-ring (bicyclic) bond motifs is 1. The number of aliphatic hydroxyl groups excluding tert-OH is 2. The first-order valence-electron chi connectivity index (χ1n) is 15.4. The summed E-state index contributed by atoms with van der Waals surface area (Å²) in [6.07, 6.45) is -7.52. The van der Waals surface area contributed by atoms with Gasteiger partial charge in [0.1, 0.15) is 29.2 Å². The van der Waals surface area contributed by atoms with E-state index in [-0.39, 0.29) is 54.7 Å². The fourth-order valence-electron chi connectivity index (χ4n) is 5.46. The van der Waals surface area contributed by atoms with E-state index in [4.69, 9.17) is 9.47 Å². The third-order valence-corrected chi connectivity index (χ3v) is 10.2. The number of methoxy groups -OCH3 is 1. The van der Waals surface area contributed by atoms with E-state index in [0.29, 0.717) is 28.7 Å². The van der Waals surface area contributed by atoms with Gasteiger partial charge in [0.15, 0.2) is 0 Å². The minimum absolute atomic E-state index is 0.0575. The SMILES string of the molecule is COCC(O)CN1CCC(Nc2cccc3c(CC(F)(F)F)c(C#CCNc4cc(F)c(S(=O)(=O)NC(C)=O)cc4OCCO)sc23)C(F)C1. The van der Waals surface area contributed by atoms with Crippen LogP contribution in [0.4, 0.5) is 33.3 Å². The number of carbonyl (C=O) groups excluding carboxylic acids is 1. The molecule has 3 aromatic rings. The van der Waals surface area contributed by atoms with Gasteiger partial charge in [0.2, 0.25) is 5.91 Å². The van der Waals surface area contributed by atoms with E-state index < -0.39 is 64.2 Å². The van der Waals surface area contributed by atoms with Crippen molar-refractivity contribution < 1.29 is 54.9 Å². The van der Waals surface area contributed by atoms with E-state index in [1.807, 2.05) is 0 Å². The minimum Gasteiger partial charge on any atom is -0.489 e. The Morgan fingerprint density at radius 1 is 1.24 bits per heavy atom. The molecule has 3 unspecified atom stereocenters. The summed E-state index contributed by atoms with van der Waals surface area (Å²) >= 11 is 1.01. The summed E-state index contributed by atoms with van der Waals surface area (Å²) in [5.41, 5.74) is 0.335. The van der Waals surface area contributed by atoms with Crippen molar-refractivity contribution in [2.75, 3.05) is 63.7 Å². The second-order valence-corrected chi connectivity index (χ2v) is 14.1. The Morgan fingerprint density at radius 3 is 2.66 bits per heavy atom. The van der Waals surface area contributed by atoms with Crippen LogP contribution in [0.2, 0.25) is 0 Å². The van der Waals surface area contributed by atoms with Gasteiger partial charge in [0.05, 0.1) is 59.3 Å². The Labute approximate surface area is 289 Å². The van der Waals surface area contributed by atoms with Crippen molar-refractivity contribution in [3.8, 4) is 17.6 Å². The largest absolute Gasteiger partial charge is 0.489 e. The fourth-order valence-corrected chi connectivity index (χ4v) is 7.70. The number of alkyl halides is 4. The van der Waals surface area contributed by atoms with Gasteiger partial charge in [-0.3, -0.25) is 9.69 Å². The molecule has 2 heterocycles. The van der Waals surface area contributed by atoms with Gasteiger partial charge >= 0.3 is 6.18 Å². The number of halogens is 5. The number of piperidine rings is 1. The van der Waals surface area contributed by atoms with E-state index in [9.17, 15) is 41.0 Å². The van der Waals surface area contributed by atoms with Gasteiger partial charge in [-0.15, -0.1) is 11.3 Å². The summed E-state index contributed by atoms with van der Waals surface area (Å²) in [4.78, 5) is 12.3. The maximum atomic E-state index is 15.2. The highest BCUT2D eigenvalue weighted by Gasteiger charge is 2.33. The van der Waals surface area contributed by atoms with Gasteiger partial charge in [-0.05, 0) is 23.4 Å². The van der Waals surface area contributed by atoms with Crippen LogP contribution >= 0.6 is 11.3 Å². The van der Waals surface area contributed by atoms with Crippen LogP contribution in [0.15, 0.2) is 35.2 Å². The molecule has 18 heteroatoms. The smallest absolute Gasteiger partial charge is 0.393 e. The molecule has 1 saturated heterocycles. The Balaban J connectivity index is 1.58. The third kappa shape index (κ3) is 10.4. The van der Waals surface area contributed by atoms with Crippen LogP contribution < -0.4 is 20.1 Å². The molecule has 1 aromatic heterocycles. The number of β-amino-alcohol motifs (C(OH)–C–C–N with tert-alkyl or cyclic N) is 1. The van der Waals surface area contributed by atoms with Crippen molar-refractivity contribution in [3.05, 3.63) is 46.6 Å². The number of hydrogen-bond acceptors (Lipinski definition) is 11. The fraction of sp³-hybridized carbons (Fsp3) is 0.469. The predicted molar refractivity (Wildman–Crippen MR) is 178 cm³/mol. The number of nitrogens with zero attached hydrogens (tertiary/aromatic N) is 1. The molecule has 5 N–H and O–H groups in total. The van der Waals surface area contributed by atoms with Gasteiger partial charge < -0.3 is 30.3 Å². The lowest BCUT2D eigenvalue weighted by atomic mass is 10.0. The Bertz CT molecular complexity index is 1830. The zero-order valence-corrected chi connectivity index (χ0v) is 28.7. The maximum absolute atomic E-state index is 15.2. The Kier molecular flexibility index (Phi) is 13.3. The molecule has 1 amide bonds. The number of aliphatic hydroxyl groups is 2. The third-order valence-electron chi connectivity index (χ3n) is 7.51. The number of rotatable bonds is 14. The van der Waals surface area contributed by atoms with Gasteiger partial charge in [-0.1, -0.05) is 24.0 Å². The molecule has 3 atom stereocenters. The summed E-state index contributed by atoms with van der Waals surface area (Å²) in [5.74, 6) is 3.09. The van der Waals surface area contributed by atoms with Crippen LogP contribution in [0.1, 0.15) is 23.8 Å². The van der Waals surface area contributed by atoms with Crippen molar-refractivity contribution in [2.45, 2.75) is 49.2 Å². The standard InChI is InChI=1S/C32H37F5N4O7S2/c1-19(43)40-50(45,46)30-14-28(48-12-11-42)27(13-23(30)33)38-9-4-7-29-22(15-32(35,36)37)21-5-3-6-26(31(21)49-29)39-25-8-10-41(17-24(25)34)16-20(44)18-47-2/h3,5-6,13-14,20,24-25,38-39,42,44H,8-12,15-18H2,1-2H3,(H,40,43). The lowest BCUT2D eigenvalue weighted by molar-refractivity contribution is -0.127. The molecule has 1 fully saturated rings. The molecule has 0 saturated carbocycles. The number of anilines is 2. The number of benzene rings is 2. The van der Waals surface area contributed by atoms with Crippen LogP contribution in [-0.4, -0.2) is 107 Å². The number of ether oxygens (including phenoxy) is 2. The van der Waals surface area contributed by atoms with E-state index >= 15 is 4.39 Å². The quantitative estimate of drug-likeness (QED) is 0.122. The second-order valence-electron chi connectivity index (χ2n) is 11.5. The van der Waals surface area contributed by atoms with Crippen molar-refractivity contribution >= 4 is 48.7 Å².